The van der Waals surface area contributed by atoms with E-state index in [-0.39, 0.29) is 12.4 Å². The summed E-state index contributed by atoms with van der Waals surface area (Å²) in [4.78, 5) is 14.6. The summed E-state index contributed by atoms with van der Waals surface area (Å²) in [5.41, 5.74) is 0. The molecule has 0 radical (unpaired) electrons. The molecule has 1 N–H and O–H groups in total. The Labute approximate surface area is 129 Å². The van der Waals surface area contributed by atoms with Crippen LogP contribution in [0.2, 0.25) is 0 Å². The Balaban J connectivity index is 0.00000147. The van der Waals surface area contributed by atoms with Crippen LogP contribution in [0.4, 0.5) is 0 Å². The summed E-state index contributed by atoms with van der Waals surface area (Å²) in [5, 5.41) is 3.44. The Morgan fingerprint density at radius 1 is 1.15 bits per heavy atom. The number of halogens is 1. The molecular weight excluding hydrogens is 272 g/mol. The Hall–Kier alpha value is -0.280. The van der Waals surface area contributed by atoms with Gasteiger partial charge in [0.2, 0.25) is 5.91 Å². The molecule has 1 aliphatic carbocycles. The molecule has 2 aliphatic heterocycles. The van der Waals surface area contributed by atoms with Gasteiger partial charge >= 0.3 is 0 Å². The van der Waals surface area contributed by atoms with Crippen molar-refractivity contribution in [3.63, 3.8) is 0 Å². The third-order valence-corrected chi connectivity index (χ3v) is 5.69. The number of hydrogen-bond donors (Lipinski definition) is 1. The topological polar surface area (TPSA) is 32.3 Å². The zero-order valence-corrected chi connectivity index (χ0v) is 13.5. The maximum absolute atomic E-state index is 12.4. The summed E-state index contributed by atoms with van der Waals surface area (Å²) >= 11 is 0. The van der Waals surface area contributed by atoms with E-state index in [1.165, 1.54) is 32.1 Å². The first-order valence-electron chi connectivity index (χ1n) is 8.22. The van der Waals surface area contributed by atoms with Gasteiger partial charge in [-0.3, -0.25) is 4.79 Å². The van der Waals surface area contributed by atoms with E-state index < -0.39 is 0 Å². The first-order valence-corrected chi connectivity index (χ1v) is 8.22. The minimum absolute atomic E-state index is 0. The van der Waals surface area contributed by atoms with Crippen LogP contribution >= 0.6 is 12.4 Å². The maximum atomic E-state index is 12.4. The predicted molar refractivity (Wildman–Crippen MR) is 84.0 cm³/mol. The highest BCUT2D eigenvalue weighted by Crippen LogP contribution is 2.33. The summed E-state index contributed by atoms with van der Waals surface area (Å²) < 4.78 is 0. The lowest BCUT2D eigenvalue weighted by molar-refractivity contribution is -0.131. The second kappa shape index (κ2) is 7.13. The van der Waals surface area contributed by atoms with E-state index in [1.807, 2.05) is 0 Å². The van der Waals surface area contributed by atoms with Gasteiger partial charge in [0.1, 0.15) is 0 Å². The molecule has 3 atom stereocenters. The van der Waals surface area contributed by atoms with E-state index in [0.717, 1.165) is 50.4 Å². The van der Waals surface area contributed by atoms with Crippen LogP contribution in [0.1, 0.15) is 45.4 Å². The monoisotopic (exact) mass is 300 g/mol. The molecule has 1 amide bonds. The van der Waals surface area contributed by atoms with Gasteiger partial charge in [0.25, 0.3) is 0 Å². The van der Waals surface area contributed by atoms with E-state index in [0.29, 0.717) is 11.8 Å². The first-order chi connectivity index (χ1) is 9.24. The van der Waals surface area contributed by atoms with E-state index in [4.69, 9.17) is 0 Å². The number of rotatable bonds is 3. The van der Waals surface area contributed by atoms with E-state index in [1.54, 1.807) is 0 Å². The van der Waals surface area contributed by atoms with Crippen molar-refractivity contribution < 1.29 is 4.79 Å². The van der Waals surface area contributed by atoms with Crippen LogP contribution < -0.4 is 5.32 Å². The van der Waals surface area contributed by atoms with Crippen molar-refractivity contribution in [3.05, 3.63) is 0 Å². The first kappa shape index (κ1) is 16.1. The fourth-order valence-corrected chi connectivity index (χ4v) is 4.33. The number of nitrogens with zero attached hydrogens (tertiary/aromatic N) is 1. The van der Waals surface area contributed by atoms with Gasteiger partial charge in [0.05, 0.1) is 0 Å². The van der Waals surface area contributed by atoms with Crippen molar-refractivity contribution in [1.29, 1.82) is 0 Å². The van der Waals surface area contributed by atoms with Gasteiger partial charge < -0.3 is 10.2 Å². The van der Waals surface area contributed by atoms with Crippen LogP contribution in [0, 0.1) is 23.7 Å². The lowest BCUT2D eigenvalue weighted by atomic mass is 9.79. The summed E-state index contributed by atoms with van der Waals surface area (Å²) in [6, 6.07) is 0. The van der Waals surface area contributed by atoms with Crippen LogP contribution in [-0.4, -0.2) is 37.0 Å². The minimum atomic E-state index is 0. The zero-order valence-electron chi connectivity index (χ0n) is 12.6. The molecule has 3 fully saturated rings. The molecule has 4 heteroatoms. The third-order valence-electron chi connectivity index (χ3n) is 5.69. The quantitative estimate of drug-likeness (QED) is 0.869. The summed E-state index contributed by atoms with van der Waals surface area (Å²) in [6.07, 6.45) is 7.65. The lowest BCUT2D eigenvalue weighted by Crippen LogP contribution is -2.33. The molecule has 1 saturated carbocycles. The van der Waals surface area contributed by atoms with Crippen LogP contribution in [-0.2, 0) is 4.79 Å². The van der Waals surface area contributed by atoms with Crippen molar-refractivity contribution in [1.82, 2.24) is 10.2 Å². The number of fused-ring (bicyclic) bond motifs is 1. The second-order valence-corrected chi connectivity index (χ2v) is 7.06. The zero-order chi connectivity index (χ0) is 13.2. The molecule has 0 aromatic carbocycles. The van der Waals surface area contributed by atoms with Crippen molar-refractivity contribution >= 4 is 18.3 Å². The highest BCUT2D eigenvalue weighted by molar-refractivity contribution is 5.85. The fraction of sp³-hybridized carbons (Fsp3) is 0.938. The van der Waals surface area contributed by atoms with Gasteiger partial charge in [0.15, 0.2) is 0 Å². The van der Waals surface area contributed by atoms with Crippen LogP contribution in [0.15, 0.2) is 0 Å². The van der Waals surface area contributed by atoms with E-state index in [2.05, 4.69) is 17.1 Å². The van der Waals surface area contributed by atoms with Crippen LogP contribution in [0.5, 0.6) is 0 Å². The van der Waals surface area contributed by atoms with Crippen molar-refractivity contribution in [2.24, 2.45) is 23.7 Å². The van der Waals surface area contributed by atoms with Gasteiger partial charge in [0, 0.05) is 32.6 Å². The summed E-state index contributed by atoms with van der Waals surface area (Å²) in [6.45, 7) is 6.55. The van der Waals surface area contributed by atoms with Gasteiger partial charge in [-0.15, -0.1) is 12.4 Å². The van der Waals surface area contributed by atoms with Gasteiger partial charge in [-0.2, -0.15) is 0 Å². The number of hydrogen-bond acceptors (Lipinski definition) is 2. The van der Waals surface area contributed by atoms with Gasteiger partial charge in [-0.1, -0.05) is 39.0 Å². The largest absolute Gasteiger partial charge is 0.342 e. The minimum Gasteiger partial charge on any atom is -0.342 e. The van der Waals surface area contributed by atoms with Crippen LogP contribution in [0.25, 0.3) is 0 Å². The smallest absolute Gasteiger partial charge is 0.222 e. The Morgan fingerprint density at radius 2 is 1.75 bits per heavy atom. The normalized spacial score (nSPS) is 31.8. The molecule has 116 valence electrons. The molecule has 0 spiro atoms. The number of amides is 1. The fourth-order valence-electron chi connectivity index (χ4n) is 4.33. The highest BCUT2D eigenvalue weighted by atomic mass is 35.5. The Kier molecular flexibility index (Phi) is 5.74. The average molecular weight is 301 g/mol. The number of nitrogens with one attached hydrogen (secondary N) is 1. The molecule has 0 aromatic rings. The molecule has 1 unspecified atom stereocenters. The number of carbonyl (C=O) groups excluding carboxylic acids is 1. The van der Waals surface area contributed by atoms with Gasteiger partial charge in [-0.25, -0.2) is 0 Å². The Bertz CT molecular complexity index is 318. The predicted octanol–water partition coefficient (Wildman–Crippen LogP) is 2.69. The molecule has 0 aromatic heterocycles. The molecule has 3 aliphatic rings. The Morgan fingerprint density at radius 3 is 2.35 bits per heavy atom. The standard InChI is InChI=1S/C16H28N2O.ClH/c1-12(13-5-3-2-4-6-13)7-16(19)18-10-14-8-17-9-15(14)11-18;/h12-15,17H,2-11H2,1H3;1H/t12?,14-,15+;. The molecule has 0 bridgehead atoms. The summed E-state index contributed by atoms with van der Waals surface area (Å²) in [5.74, 6) is 3.28. The average Bonchev–Trinajstić information content (AvgIpc) is 3.00. The van der Waals surface area contributed by atoms with Crippen LogP contribution in [0.3, 0.4) is 0 Å². The molecule has 3 nitrogen and oxygen atoms in total. The van der Waals surface area contributed by atoms with Crippen molar-refractivity contribution in [3.8, 4) is 0 Å². The highest BCUT2D eigenvalue weighted by Gasteiger charge is 2.38. The second-order valence-electron chi connectivity index (χ2n) is 7.06. The molecular formula is C16H29ClN2O. The van der Waals surface area contributed by atoms with Crippen molar-refractivity contribution in [2.45, 2.75) is 45.4 Å². The van der Waals surface area contributed by atoms with E-state index in [9.17, 15) is 4.79 Å². The number of carbonyl (C=O) groups is 1. The molecule has 3 rings (SSSR count). The van der Waals surface area contributed by atoms with Crippen molar-refractivity contribution in [2.75, 3.05) is 26.2 Å². The van der Waals surface area contributed by atoms with E-state index >= 15 is 0 Å². The third kappa shape index (κ3) is 3.48. The number of likely N-dealkylation sites (tertiary alicyclic amines) is 1. The molecule has 20 heavy (non-hydrogen) atoms. The molecule has 2 saturated heterocycles. The summed E-state index contributed by atoms with van der Waals surface area (Å²) in [7, 11) is 0. The SMILES string of the molecule is CC(CC(=O)N1C[C@H]2CNC[C@H]2C1)C1CCCCC1.Cl. The maximum Gasteiger partial charge on any atom is 0.222 e. The lowest BCUT2D eigenvalue weighted by Gasteiger charge is -2.28. The molecule has 2 heterocycles. The van der Waals surface area contributed by atoms with Gasteiger partial charge in [-0.05, 0) is 23.7 Å².